The maximum absolute atomic E-state index is 9.99. The molecule has 0 heterocycles. The number of aliphatic hydroxyl groups is 2. The minimum Gasteiger partial charge on any atom is -0.366 e. The second kappa shape index (κ2) is 13.4. The van der Waals surface area contributed by atoms with Crippen molar-refractivity contribution in [2.24, 2.45) is 0 Å². The predicted molar refractivity (Wildman–Crippen MR) is 94.9 cm³/mol. The molecule has 1 aliphatic rings. The Morgan fingerprint density at radius 2 is 0.500 bits per heavy atom. The molecule has 132 valence electrons. The zero-order valence-electron chi connectivity index (χ0n) is 14.8. The van der Waals surface area contributed by atoms with Crippen LogP contribution in [0.15, 0.2) is 0 Å². The van der Waals surface area contributed by atoms with Crippen LogP contribution < -0.4 is 0 Å². The Balaban J connectivity index is 2.17. The first kappa shape index (κ1) is 20.0. The molecule has 0 aromatic heterocycles. The molecule has 0 aromatic rings. The molecule has 2 nitrogen and oxygen atoms in total. The van der Waals surface area contributed by atoms with E-state index in [1.165, 1.54) is 83.5 Å². The third-order valence-electron chi connectivity index (χ3n) is 5.15. The van der Waals surface area contributed by atoms with Gasteiger partial charge in [-0.25, -0.2) is 0 Å². The first-order valence-electron chi connectivity index (χ1n) is 10.2. The van der Waals surface area contributed by atoms with Crippen molar-refractivity contribution in [3.05, 3.63) is 0 Å². The molecule has 1 fully saturated rings. The zero-order valence-corrected chi connectivity index (χ0v) is 14.8. The molecule has 0 amide bonds. The first-order valence-corrected chi connectivity index (χ1v) is 10.2. The van der Waals surface area contributed by atoms with E-state index in [-0.39, 0.29) is 0 Å². The topological polar surface area (TPSA) is 40.5 Å². The van der Waals surface area contributed by atoms with Crippen molar-refractivity contribution in [3.63, 3.8) is 0 Å². The molecular formula is C20H40O2. The Hall–Kier alpha value is -0.0800. The van der Waals surface area contributed by atoms with Gasteiger partial charge in [0.1, 0.15) is 0 Å². The molecule has 0 unspecified atom stereocenters. The Labute approximate surface area is 138 Å². The second-order valence-corrected chi connectivity index (χ2v) is 7.49. The average molecular weight is 313 g/mol. The maximum Gasteiger partial charge on any atom is 0.162 e. The molecule has 0 bridgehead atoms. The van der Waals surface area contributed by atoms with Crippen molar-refractivity contribution in [3.8, 4) is 0 Å². The van der Waals surface area contributed by atoms with Gasteiger partial charge in [0, 0.05) is 12.8 Å². The zero-order chi connectivity index (χ0) is 15.9. The van der Waals surface area contributed by atoms with Crippen molar-refractivity contribution >= 4 is 0 Å². The van der Waals surface area contributed by atoms with Crippen molar-refractivity contribution < 1.29 is 10.2 Å². The highest BCUT2D eigenvalue weighted by molar-refractivity contribution is 4.65. The first-order chi connectivity index (χ1) is 10.7. The van der Waals surface area contributed by atoms with Gasteiger partial charge in [-0.2, -0.15) is 0 Å². The van der Waals surface area contributed by atoms with Crippen LogP contribution in [0.1, 0.15) is 122 Å². The summed E-state index contributed by atoms with van der Waals surface area (Å²) in [4.78, 5) is 0. The highest BCUT2D eigenvalue weighted by Gasteiger charge is 2.21. The van der Waals surface area contributed by atoms with Gasteiger partial charge >= 0.3 is 0 Å². The fourth-order valence-corrected chi connectivity index (χ4v) is 3.59. The van der Waals surface area contributed by atoms with Crippen LogP contribution >= 0.6 is 0 Å². The summed E-state index contributed by atoms with van der Waals surface area (Å²) < 4.78 is 0. The lowest BCUT2D eigenvalue weighted by Gasteiger charge is -2.21. The Morgan fingerprint density at radius 1 is 0.318 bits per heavy atom. The summed E-state index contributed by atoms with van der Waals surface area (Å²) in [5, 5.41) is 20.0. The van der Waals surface area contributed by atoms with Gasteiger partial charge in [0.2, 0.25) is 0 Å². The van der Waals surface area contributed by atoms with Crippen LogP contribution in [0.3, 0.4) is 0 Å². The molecule has 1 aliphatic carbocycles. The molecule has 0 aromatic carbocycles. The van der Waals surface area contributed by atoms with Crippen LogP contribution in [0.4, 0.5) is 0 Å². The Bertz CT molecular complexity index is 216. The third-order valence-corrected chi connectivity index (χ3v) is 5.15. The summed E-state index contributed by atoms with van der Waals surface area (Å²) in [6.45, 7) is 0. The van der Waals surface area contributed by atoms with E-state index >= 15 is 0 Å². The van der Waals surface area contributed by atoms with Crippen LogP contribution in [0.25, 0.3) is 0 Å². The van der Waals surface area contributed by atoms with Gasteiger partial charge in [0.05, 0.1) is 0 Å². The van der Waals surface area contributed by atoms with Crippen LogP contribution in [-0.2, 0) is 0 Å². The Morgan fingerprint density at radius 3 is 0.727 bits per heavy atom. The van der Waals surface area contributed by atoms with Gasteiger partial charge in [-0.05, 0) is 12.8 Å². The van der Waals surface area contributed by atoms with Gasteiger partial charge in [-0.1, -0.05) is 96.3 Å². The van der Waals surface area contributed by atoms with Gasteiger partial charge in [-0.15, -0.1) is 0 Å². The van der Waals surface area contributed by atoms with E-state index in [1.54, 1.807) is 0 Å². The van der Waals surface area contributed by atoms with Crippen molar-refractivity contribution in [2.45, 2.75) is 128 Å². The van der Waals surface area contributed by atoms with E-state index in [9.17, 15) is 10.2 Å². The number of hydrogen-bond acceptors (Lipinski definition) is 2. The van der Waals surface area contributed by atoms with E-state index in [4.69, 9.17) is 0 Å². The molecule has 1 rings (SSSR count). The largest absolute Gasteiger partial charge is 0.366 e. The predicted octanol–water partition coefficient (Wildman–Crippen LogP) is 6.09. The summed E-state index contributed by atoms with van der Waals surface area (Å²) in [5.41, 5.74) is 0. The fraction of sp³-hybridized carbons (Fsp3) is 1.00. The van der Waals surface area contributed by atoms with Gasteiger partial charge in [-0.3, -0.25) is 0 Å². The SMILES string of the molecule is OC1(O)CCCCCCCCCCCCCCCCCCC1. The van der Waals surface area contributed by atoms with Crippen molar-refractivity contribution in [2.75, 3.05) is 0 Å². The quantitative estimate of drug-likeness (QED) is 0.531. The molecule has 0 aliphatic heterocycles. The lowest BCUT2D eigenvalue weighted by molar-refractivity contribution is -0.172. The maximum atomic E-state index is 9.99. The summed E-state index contributed by atoms with van der Waals surface area (Å²) in [6, 6.07) is 0. The lowest BCUT2D eigenvalue weighted by Crippen LogP contribution is -2.27. The summed E-state index contributed by atoms with van der Waals surface area (Å²) in [5.74, 6) is -1.40. The van der Waals surface area contributed by atoms with E-state index < -0.39 is 5.79 Å². The smallest absolute Gasteiger partial charge is 0.162 e. The molecule has 0 saturated heterocycles. The van der Waals surface area contributed by atoms with Gasteiger partial charge < -0.3 is 10.2 Å². The van der Waals surface area contributed by atoms with Crippen LogP contribution in [0.5, 0.6) is 0 Å². The summed E-state index contributed by atoms with van der Waals surface area (Å²) in [6.07, 6.45) is 23.2. The molecule has 2 heteroatoms. The molecular weight excluding hydrogens is 272 g/mol. The molecule has 0 spiro atoms. The third kappa shape index (κ3) is 12.5. The molecule has 1 saturated carbocycles. The molecule has 22 heavy (non-hydrogen) atoms. The van der Waals surface area contributed by atoms with E-state index in [2.05, 4.69) is 0 Å². The molecule has 0 radical (unpaired) electrons. The average Bonchev–Trinajstić information content (AvgIpc) is 2.48. The molecule has 0 atom stereocenters. The standard InChI is InChI=1S/C20H40O2/c21-20(22)18-16-14-12-10-8-6-4-2-1-3-5-7-9-11-13-15-17-19-20/h21-22H,1-19H2. The number of rotatable bonds is 0. The van der Waals surface area contributed by atoms with E-state index in [0.717, 1.165) is 25.7 Å². The van der Waals surface area contributed by atoms with Crippen molar-refractivity contribution in [1.29, 1.82) is 0 Å². The van der Waals surface area contributed by atoms with Crippen LogP contribution in [0.2, 0.25) is 0 Å². The van der Waals surface area contributed by atoms with Crippen LogP contribution in [0, 0.1) is 0 Å². The Kier molecular flexibility index (Phi) is 12.1. The summed E-state index contributed by atoms with van der Waals surface area (Å²) in [7, 11) is 0. The minimum atomic E-state index is -1.40. The number of hydrogen-bond donors (Lipinski definition) is 2. The van der Waals surface area contributed by atoms with Gasteiger partial charge in [0.25, 0.3) is 0 Å². The lowest BCUT2D eigenvalue weighted by atomic mass is 9.98. The van der Waals surface area contributed by atoms with E-state index in [1.807, 2.05) is 0 Å². The van der Waals surface area contributed by atoms with Gasteiger partial charge in [0.15, 0.2) is 5.79 Å². The second-order valence-electron chi connectivity index (χ2n) is 7.49. The minimum absolute atomic E-state index is 0.562. The monoisotopic (exact) mass is 312 g/mol. The normalized spacial score (nSPS) is 25.4. The molecule has 2 N–H and O–H groups in total. The van der Waals surface area contributed by atoms with Crippen LogP contribution in [-0.4, -0.2) is 16.0 Å². The van der Waals surface area contributed by atoms with E-state index in [0.29, 0.717) is 12.8 Å². The highest BCUT2D eigenvalue weighted by Crippen LogP contribution is 2.21. The fourth-order valence-electron chi connectivity index (χ4n) is 3.59. The van der Waals surface area contributed by atoms with Crippen molar-refractivity contribution in [1.82, 2.24) is 0 Å². The summed E-state index contributed by atoms with van der Waals surface area (Å²) >= 11 is 0. The highest BCUT2D eigenvalue weighted by atomic mass is 16.5.